The summed E-state index contributed by atoms with van der Waals surface area (Å²) in [4.78, 5) is 36.8. The molecule has 2 aliphatic rings. The van der Waals surface area contributed by atoms with Gasteiger partial charge in [-0.25, -0.2) is 4.79 Å². The van der Waals surface area contributed by atoms with Crippen LogP contribution in [0.25, 0.3) is 0 Å². The van der Waals surface area contributed by atoms with Crippen LogP contribution in [0.4, 0.5) is 4.79 Å². The molecule has 7 nitrogen and oxygen atoms in total. The summed E-state index contributed by atoms with van der Waals surface area (Å²) in [6.45, 7) is 3.17. The summed E-state index contributed by atoms with van der Waals surface area (Å²) in [5, 5.41) is 12.0. The number of nitrogens with one attached hydrogen (secondary N) is 1. The van der Waals surface area contributed by atoms with Gasteiger partial charge in [0.25, 0.3) is 0 Å². The molecule has 2 amide bonds. The highest BCUT2D eigenvalue weighted by molar-refractivity contribution is 5.77. The Morgan fingerprint density at radius 2 is 1.83 bits per heavy atom. The van der Waals surface area contributed by atoms with E-state index in [1.54, 1.807) is 11.8 Å². The summed E-state index contributed by atoms with van der Waals surface area (Å²) < 4.78 is 5.04. The van der Waals surface area contributed by atoms with Crippen LogP contribution < -0.4 is 5.32 Å². The lowest BCUT2D eigenvalue weighted by atomic mass is 9.86. The maximum Gasteiger partial charge on any atom is 0.317 e. The van der Waals surface area contributed by atoms with Gasteiger partial charge >= 0.3 is 18.0 Å². The molecular formula is C16H26N2O5. The second-order valence-corrected chi connectivity index (χ2v) is 6.37. The van der Waals surface area contributed by atoms with Crippen LogP contribution in [-0.4, -0.2) is 53.7 Å². The molecule has 0 aromatic rings. The Labute approximate surface area is 136 Å². The van der Waals surface area contributed by atoms with Crippen molar-refractivity contribution in [3.63, 3.8) is 0 Å². The molecule has 0 aromatic heterocycles. The molecule has 1 saturated heterocycles. The first-order chi connectivity index (χ1) is 11.0. The summed E-state index contributed by atoms with van der Waals surface area (Å²) in [7, 11) is 0. The molecule has 1 saturated carbocycles. The summed E-state index contributed by atoms with van der Waals surface area (Å²) in [5.74, 6) is -1.50. The number of carboxylic acids is 1. The zero-order chi connectivity index (χ0) is 16.8. The van der Waals surface area contributed by atoms with Crippen molar-refractivity contribution in [3.05, 3.63) is 0 Å². The number of hydrogen-bond acceptors (Lipinski definition) is 4. The van der Waals surface area contributed by atoms with Gasteiger partial charge in [-0.2, -0.15) is 0 Å². The first-order valence-electron chi connectivity index (χ1n) is 8.46. The topological polar surface area (TPSA) is 95.9 Å². The molecule has 0 aromatic carbocycles. The van der Waals surface area contributed by atoms with Crippen LogP contribution in [0.1, 0.15) is 45.4 Å². The molecular weight excluding hydrogens is 300 g/mol. The fourth-order valence-electron chi connectivity index (χ4n) is 3.36. The van der Waals surface area contributed by atoms with Crippen molar-refractivity contribution < 1.29 is 24.2 Å². The van der Waals surface area contributed by atoms with E-state index in [0.29, 0.717) is 45.4 Å². The normalized spacial score (nSPS) is 28.0. The van der Waals surface area contributed by atoms with Gasteiger partial charge in [-0.15, -0.1) is 0 Å². The first-order valence-corrected chi connectivity index (χ1v) is 8.46. The maximum absolute atomic E-state index is 12.4. The molecule has 2 fully saturated rings. The Balaban J connectivity index is 1.79. The second-order valence-electron chi connectivity index (χ2n) is 6.37. The number of hydrogen-bond donors (Lipinski definition) is 2. The van der Waals surface area contributed by atoms with Crippen LogP contribution in [0.2, 0.25) is 0 Å². The highest BCUT2D eigenvalue weighted by Gasteiger charge is 2.31. The molecule has 1 aliphatic carbocycles. The Morgan fingerprint density at radius 1 is 1.13 bits per heavy atom. The van der Waals surface area contributed by atoms with Crippen LogP contribution in [0.3, 0.4) is 0 Å². The zero-order valence-electron chi connectivity index (χ0n) is 13.6. The van der Waals surface area contributed by atoms with Gasteiger partial charge in [-0.05, 0) is 45.4 Å². The van der Waals surface area contributed by atoms with E-state index in [1.807, 2.05) is 0 Å². The number of nitrogens with zero attached hydrogens (tertiary/aromatic N) is 1. The summed E-state index contributed by atoms with van der Waals surface area (Å²) in [6.07, 6.45) is 4.14. The first kappa shape index (κ1) is 17.6. The number of ether oxygens (including phenoxy) is 1. The molecule has 0 bridgehead atoms. The lowest BCUT2D eigenvalue weighted by Gasteiger charge is -2.34. The number of likely N-dealkylation sites (tertiary alicyclic amines) is 1. The van der Waals surface area contributed by atoms with E-state index < -0.39 is 5.97 Å². The van der Waals surface area contributed by atoms with Crippen LogP contribution in [0, 0.1) is 11.8 Å². The minimum absolute atomic E-state index is 0.0288. The number of aliphatic carboxylic acids is 1. The fraction of sp³-hybridized carbons (Fsp3) is 0.812. The molecule has 2 N–H and O–H groups in total. The van der Waals surface area contributed by atoms with Crippen molar-refractivity contribution >= 4 is 18.0 Å². The molecule has 7 heteroatoms. The lowest BCUT2D eigenvalue weighted by Crippen LogP contribution is -2.50. The smallest absolute Gasteiger partial charge is 0.317 e. The molecule has 23 heavy (non-hydrogen) atoms. The third-order valence-corrected chi connectivity index (χ3v) is 4.73. The van der Waals surface area contributed by atoms with E-state index in [9.17, 15) is 14.4 Å². The van der Waals surface area contributed by atoms with Crippen LogP contribution in [-0.2, 0) is 14.3 Å². The number of piperidine rings is 1. The monoisotopic (exact) mass is 326 g/mol. The highest BCUT2D eigenvalue weighted by Crippen LogP contribution is 2.25. The van der Waals surface area contributed by atoms with Crippen LogP contribution in [0.15, 0.2) is 0 Å². The van der Waals surface area contributed by atoms with E-state index >= 15 is 0 Å². The van der Waals surface area contributed by atoms with Crippen molar-refractivity contribution in [2.45, 2.75) is 51.5 Å². The Bertz CT molecular complexity index is 446. The van der Waals surface area contributed by atoms with E-state index in [-0.39, 0.29) is 29.9 Å². The Hall–Kier alpha value is -1.79. The summed E-state index contributed by atoms with van der Waals surface area (Å²) in [5.41, 5.74) is 0. The minimum Gasteiger partial charge on any atom is -0.481 e. The number of carboxylic acid groups (broad SMARTS) is 1. The van der Waals surface area contributed by atoms with Gasteiger partial charge in [0.1, 0.15) is 0 Å². The Morgan fingerprint density at radius 3 is 2.43 bits per heavy atom. The van der Waals surface area contributed by atoms with Crippen molar-refractivity contribution in [1.82, 2.24) is 10.2 Å². The number of urea groups is 1. The number of rotatable bonds is 4. The molecule has 2 rings (SSSR count). The molecule has 1 heterocycles. The third kappa shape index (κ3) is 4.84. The van der Waals surface area contributed by atoms with Gasteiger partial charge in [-0.1, -0.05) is 0 Å². The maximum atomic E-state index is 12.4. The van der Waals surface area contributed by atoms with E-state index in [0.717, 1.165) is 12.8 Å². The number of esters is 1. The molecule has 1 aliphatic heterocycles. The van der Waals surface area contributed by atoms with Crippen molar-refractivity contribution in [1.29, 1.82) is 0 Å². The predicted octanol–water partition coefficient (Wildman–Crippen LogP) is 1.61. The van der Waals surface area contributed by atoms with Crippen LogP contribution in [0.5, 0.6) is 0 Å². The van der Waals surface area contributed by atoms with Gasteiger partial charge in [0.05, 0.1) is 18.4 Å². The van der Waals surface area contributed by atoms with Gasteiger partial charge in [0, 0.05) is 19.1 Å². The highest BCUT2D eigenvalue weighted by atomic mass is 16.5. The molecule has 0 spiro atoms. The number of carbonyl (C=O) groups excluding carboxylic acids is 2. The fourth-order valence-corrected chi connectivity index (χ4v) is 3.36. The summed E-state index contributed by atoms with van der Waals surface area (Å²) in [6, 6.07) is -0.126. The lowest BCUT2D eigenvalue weighted by molar-refractivity contribution is -0.149. The van der Waals surface area contributed by atoms with E-state index in [2.05, 4.69) is 5.32 Å². The standard InChI is InChI=1S/C16H26N2O5/c1-2-23-15(21)12-4-3-9-18(10-12)16(22)17-13-7-5-11(6-8-13)14(19)20/h11-13H,2-10H2,1H3,(H,17,22)(H,19,20). The van der Waals surface area contributed by atoms with E-state index in [1.165, 1.54) is 0 Å². The Kier molecular flexibility index (Phi) is 6.24. The third-order valence-electron chi connectivity index (χ3n) is 4.73. The van der Waals surface area contributed by atoms with Gasteiger partial charge < -0.3 is 20.1 Å². The molecule has 130 valence electrons. The van der Waals surface area contributed by atoms with Crippen molar-refractivity contribution in [2.75, 3.05) is 19.7 Å². The van der Waals surface area contributed by atoms with Crippen molar-refractivity contribution in [3.8, 4) is 0 Å². The van der Waals surface area contributed by atoms with Gasteiger partial charge in [0.15, 0.2) is 0 Å². The van der Waals surface area contributed by atoms with Gasteiger partial charge in [0.2, 0.25) is 0 Å². The average molecular weight is 326 g/mol. The zero-order valence-corrected chi connectivity index (χ0v) is 13.6. The van der Waals surface area contributed by atoms with Gasteiger partial charge in [-0.3, -0.25) is 9.59 Å². The molecule has 1 atom stereocenters. The number of carbonyl (C=O) groups is 3. The molecule has 0 radical (unpaired) electrons. The predicted molar refractivity (Wildman–Crippen MR) is 82.8 cm³/mol. The SMILES string of the molecule is CCOC(=O)C1CCCN(C(=O)NC2CCC(C(=O)O)CC2)C1. The quantitative estimate of drug-likeness (QED) is 0.765. The summed E-state index contributed by atoms with van der Waals surface area (Å²) >= 11 is 0. The van der Waals surface area contributed by atoms with E-state index in [4.69, 9.17) is 9.84 Å². The number of amides is 2. The van der Waals surface area contributed by atoms with Crippen LogP contribution >= 0.6 is 0 Å². The minimum atomic E-state index is -0.747. The second kappa shape index (κ2) is 8.17. The van der Waals surface area contributed by atoms with Crippen molar-refractivity contribution in [2.24, 2.45) is 11.8 Å². The average Bonchev–Trinajstić information content (AvgIpc) is 2.55. The largest absolute Gasteiger partial charge is 0.481 e. The molecule has 1 unspecified atom stereocenters.